The predicted octanol–water partition coefficient (Wildman–Crippen LogP) is 9.70. The first-order valence-electron chi connectivity index (χ1n) is 16.1. The molecular formula is C31H62O4SiSn. The molecule has 1 aliphatic rings. The summed E-state index contributed by atoms with van der Waals surface area (Å²) in [6, 6.07) is 3.51. The quantitative estimate of drug-likeness (QED) is 0.0669. The molecule has 0 N–H and O–H groups in total. The molecule has 1 rings (SSSR count). The summed E-state index contributed by atoms with van der Waals surface area (Å²) in [6.07, 6.45) is 14.5. The van der Waals surface area contributed by atoms with Crippen LogP contribution in [0.15, 0.2) is 0 Å². The zero-order chi connectivity index (χ0) is 27.7. The van der Waals surface area contributed by atoms with Gasteiger partial charge >= 0.3 is 237 Å². The van der Waals surface area contributed by atoms with Gasteiger partial charge in [0.25, 0.3) is 0 Å². The molecule has 218 valence electrons. The molecule has 0 bridgehead atoms. The van der Waals surface area contributed by atoms with Gasteiger partial charge in [-0.25, -0.2) is 0 Å². The Balaban J connectivity index is 3.26. The summed E-state index contributed by atoms with van der Waals surface area (Å²) in [5.74, 6) is 0.661. The zero-order valence-electron chi connectivity index (χ0n) is 25.8. The molecule has 0 unspecified atom stereocenters. The summed E-state index contributed by atoms with van der Waals surface area (Å²) >= 11 is -2.70. The Labute approximate surface area is 235 Å². The van der Waals surface area contributed by atoms with Crippen LogP contribution in [0.2, 0.25) is 35.4 Å². The topological polar surface area (TPSA) is 52.6 Å². The molecule has 0 spiro atoms. The third kappa shape index (κ3) is 10.9. The van der Waals surface area contributed by atoms with E-state index in [-0.39, 0.29) is 18.0 Å². The molecule has 4 nitrogen and oxygen atoms in total. The van der Waals surface area contributed by atoms with Crippen LogP contribution in [0, 0.1) is 5.92 Å². The average molecular weight is 646 g/mol. The minimum atomic E-state index is -2.70. The number of unbranched alkanes of at least 4 members (excludes halogenated alkanes) is 6. The van der Waals surface area contributed by atoms with E-state index in [1.54, 1.807) is 0 Å². The molecule has 0 heterocycles. The Kier molecular flexibility index (Phi) is 18.3. The summed E-state index contributed by atoms with van der Waals surface area (Å²) in [6.45, 7) is 14.0. The first kappa shape index (κ1) is 35.1. The molecule has 1 saturated carbocycles. The molecule has 0 aromatic heterocycles. The van der Waals surface area contributed by atoms with Crippen LogP contribution in [0.25, 0.3) is 0 Å². The van der Waals surface area contributed by atoms with Crippen LogP contribution in [-0.4, -0.2) is 51.7 Å². The Morgan fingerprint density at radius 2 is 1.32 bits per heavy atom. The van der Waals surface area contributed by atoms with Crippen molar-refractivity contribution >= 4 is 38.4 Å². The van der Waals surface area contributed by atoms with E-state index >= 15 is 0 Å². The molecule has 0 aliphatic heterocycles. The van der Waals surface area contributed by atoms with E-state index in [4.69, 9.17) is 9.16 Å². The molecule has 6 heteroatoms. The van der Waals surface area contributed by atoms with Crippen molar-refractivity contribution in [3.05, 3.63) is 0 Å². The van der Waals surface area contributed by atoms with Crippen molar-refractivity contribution in [2.75, 3.05) is 7.11 Å². The van der Waals surface area contributed by atoms with Gasteiger partial charge in [0.15, 0.2) is 0 Å². The molecule has 0 amide bonds. The van der Waals surface area contributed by atoms with Gasteiger partial charge in [-0.2, -0.15) is 0 Å². The summed E-state index contributed by atoms with van der Waals surface area (Å²) in [5.41, 5.74) is 0. The monoisotopic (exact) mass is 646 g/mol. The molecule has 37 heavy (non-hydrogen) atoms. The molecular weight excluding hydrogens is 583 g/mol. The zero-order valence-corrected chi connectivity index (χ0v) is 29.7. The summed E-state index contributed by atoms with van der Waals surface area (Å²) in [4.78, 5) is 25.2. The molecule has 3 atom stereocenters. The van der Waals surface area contributed by atoms with Gasteiger partial charge in [-0.05, 0) is 0 Å². The van der Waals surface area contributed by atoms with Crippen molar-refractivity contribution in [1.82, 2.24) is 0 Å². The Morgan fingerprint density at radius 3 is 1.78 bits per heavy atom. The van der Waals surface area contributed by atoms with E-state index in [2.05, 4.69) is 41.5 Å². The van der Waals surface area contributed by atoms with Crippen LogP contribution < -0.4 is 0 Å². The van der Waals surface area contributed by atoms with Gasteiger partial charge in [-0.1, -0.05) is 0 Å². The third-order valence-electron chi connectivity index (χ3n) is 9.65. The van der Waals surface area contributed by atoms with Gasteiger partial charge in [-0.3, -0.25) is 0 Å². The normalized spacial score (nSPS) is 20.5. The molecule has 0 saturated heterocycles. The number of Topliss-reactive ketones (excluding diaryl/α,β-unsaturated/α-hetero) is 1. The van der Waals surface area contributed by atoms with Gasteiger partial charge in [0, 0.05) is 0 Å². The number of hydrogen-bond acceptors (Lipinski definition) is 4. The Morgan fingerprint density at radius 1 is 0.811 bits per heavy atom. The SMILES string of the molecule is CCC[CH2][Sn]([CH2]CCC)([CH2]CCC)[C@H]1[C@H](O[Si](CC)(CC)CC)CC(=O)[C@@H]1CCCCCCC(=O)OC. The molecule has 1 fully saturated rings. The molecule has 1 aliphatic carbocycles. The standard InChI is InChI=1S/C19H35O4Si.3C4H9.Sn/c1-5-24(6-2,7-3)23-17-14-16(18(20)15-17)12-10-8-9-11-13-19(21)22-4;3*1-3-4-2;/h14,16-17H,5-13,15H2,1-4H3;3*1,3-4H2,2H3;/t16-,17+;;;;/m1..../s1. The van der Waals surface area contributed by atoms with Gasteiger partial charge < -0.3 is 0 Å². The second kappa shape index (κ2) is 19.2. The van der Waals surface area contributed by atoms with E-state index in [0.29, 0.717) is 22.6 Å². The Hall–Kier alpha value is 0.116. The second-order valence-electron chi connectivity index (χ2n) is 11.9. The fraction of sp³-hybridized carbons (Fsp3) is 0.935. The molecule has 0 aromatic rings. The first-order valence-corrected chi connectivity index (χ1v) is 26.3. The number of esters is 1. The maximum absolute atomic E-state index is 13.8. The average Bonchev–Trinajstić information content (AvgIpc) is 3.23. The van der Waals surface area contributed by atoms with Crippen LogP contribution in [0.5, 0.6) is 0 Å². The fourth-order valence-electron chi connectivity index (χ4n) is 7.08. The summed E-state index contributed by atoms with van der Waals surface area (Å²) in [7, 11) is -0.316. The van der Waals surface area contributed by atoms with Gasteiger partial charge in [0.05, 0.1) is 0 Å². The van der Waals surface area contributed by atoms with Gasteiger partial charge in [-0.15, -0.1) is 0 Å². The number of methoxy groups -OCH3 is 1. The fourth-order valence-corrected chi connectivity index (χ4v) is 30.6. The van der Waals surface area contributed by atoms with Crippen LogP contribution in [0.3, 0.4) is 0 Å². The van der Waals surface area contributed by atoms with Gasteiger partial charge in [0.2, 0.25) is 0 Å². The summed E-state index contributed by atoms with van der Waals surface area (Å²) < 4.78 is 17.0. The van der Waals surface area contributed by atoms with E-state index in [9.17, 15) is 9.59 Å². The predicted molar refractivity (Wildman–Crippen MR) is 164 cm³/mol. The van der Waals surface area contributed by atoms with E-state index in [0.717, 1.165) is 32.1 Å². The van der Waals surface area contributed by atoms with Crippen molar-refractivity contribution in [2.24, 2.45) is 5.92 Å². The van der Waals surface area contributed by atoms with Crippen molar-refractivity contribution < 1.29 is 18.8 Å². The van der Waals surface area contributed by atoms with Crippen molar-refractivity contribution in [2.45, 2.75) is 166 Å². The van der Waals surface area contributed by atoms with E-state index in [1.807, 2.05) is 0 Å². The van der Waals surface area contributed by atoms with Crippen molar-refractivity contribution in [3.63, 3.8) is 0 Å². The van der Waals surface area contributed by atoms with Gasteiger partial charge in [0.1, 0.15) is 0 Å². The number of ether oxygens (including phenoxy) is 1. The number of rotatable bonds is 22. The van der Waals surface area contributed by atoms with E-state index < -0.39 is 26.7 Å². The van der Waals surface area contributed by atoms with Crippen LogP contribution in [0.1, 0.15) is 125 Å². The number of carbonyl (C=O) groups excluding carboxylic acids is 2. The van der Waals surface area contributed by atoms with Crippen LogP contribution >= 0.6 is 0 Å². The Bertz CT molecular complexity index is 607. The summed E-state index contributed by atoms with van der Waals surface area (Å²) in [5, 5.41) is 0. The van der Waals surface area contributed by atoms with Crippen molar-refractivity contribution in [1.29, 1.82) is 0 Å². The second-order valence-corrected chi connectivity index (χ2v) is 30.6. The van der Waals surface area contributed by atoms with E-state index in [1.165, 1.54) is 77.1 Å². The third-order valence-corrected chi connectivity index (χ3v) is 32.1. The molecule has 0 radical (unpaired) electrons. The van der Waals surface area contributed by atoms with Crippen LogP contribution in [-0.2, 0) is 18.8 Å². The molecule has 0 aromatic carbocycles. The number of carbonyl (C=O) groups is 2. The minimum absolute atomic E-state index is 0.108. The number of hydrogen-bond donors (Lipinski definition) is 0. The van der Waals surface area contributed by atoms with Crippen molar-refractivity contribution in [3.8, 4) is 0 Å². The first-order chi connectivity index (χ1) is 17.8. The number of ketones is 1. The van der Waals surface area contributed by atoms with Crippen LogP contribution in [0.4, 0.5) is 0 Å². The maximum atomic E-state index is 13.8.